The largest absolute Gasteiger partial charge is 0.416 e. The van der Waals surface area contributed by atoms with Crippen LogP contribution in [0.1, 0.15) is 15.9 Å². The molecule has 0 heterocycles. The summed E-state index contributed by atoms with van der Waals surface area (Å²) in [5, 5.41) is -0.365. The summed E-state index contributed by atoms with van der Waals surface area (Å²) in [7, 11) is 0. The van der Waals surface area contributed by atoms with Crippen LogP contribution in [-0.2, 0) is 6.18 Å². The van der Waals surface area contributed by atoms with Crippen molar-refractivity contribution in [2.75, 3.05) is 6.26 Å². The Hall–Kier alpha value is -0.970. The summed E-state index contributed by atoms with van der Waals surface area (Å²) in [5.41, 5.74) is -0.718. The lowest BCUT2D eigenvalue weighted by Crippen LogP contribution is -2.06. The average Bonchev–Trinajstić information content (AvgIpc) is 2.15. The van der Waals surface area contributed by atoms with Crippen molar-refractivity contribution in [3.05, 3.63) is 35.4 Å². The van der Waals surface area contributed by atoms with Gasteiger partial charge in [0, 0.05) is 5.56 Å². The molecule has 0 saturated heterocycles. The first kappa shape index (κ1) is 11.1. The number of halogens is 3. The molecule has 0 aliphatic heterocycles. The van der Waals surface area contributed by atoms with Gasteiger partial charge in [0.2, 0.25) is 5.12 Å². The van der Waals surface area contributed by atoms with Crippen molar-refractivity contribution in [3.8, 4) is 0 Å². The molecule has 14 heavy (non-hydrogen) atoms. The number of thioether (sulfide) groups is 1. The van der Waals surface area contributed by atoms with Crippen LogP contribution >= 0.6 is 11.8 Å². The highest BCUT2D eigenvalue weighted by Gasteiger charge is 2.30. The Morgan fingerprint density at radius 3 is 2.50 bits per heavy atom. The van der Waals surface area contributed by atoms with E-state index in [-0.39, 0.29) is 10.7 Å². The summed E-state index contributed by atoms with van der Waals surface area (Å²) >= 11 is 0.891. The number of carbonyl (C=O) groups is 1. The Labute approximate surface area is 83.3 Å². The Morgan fingerprint density at radius 1 is 1.36 bits per heavy atom. The van der Waals surface area contributed by atoms with Crippen LogP contribution < -0.4 is 0 Å². The summed E-state index contributed by atoms with van der Waals surface area (Å²) in [6, 6.07) is 4.40. The van der Waals surface area contributed by atoms with Crippen molar-refractivity contribution >= 4 is 16.9 Å². The van der Waals surface area contributed by atoms with Gasteiger partial charge in [0.1, 0.15) is 0 Å². The van der Waals surface area contributed by atoms with E-state index in [1.807, 2.05) is 0 Å². The molecule has 1 aromatic carbocycles. The lowest BCUT2D eigenvalue weighted by Gasteiger charge is -2.07. The first-order chi connectivity index (χ1) is 6.45. The normalized spacial score (nSPS) is 11.4. The van der Waals surface area contributed by atoms with Crippen molar-refractivity contribution in [2.45, 2.75) is 6.18 Å². The summed E-state index contributed by atoms with van der Waals surface area (Å²) in [6.07, 6.45) is -2.86. The molecule has 0 amide bonds. The minimum absolute atomic E-state index is 0.0762. The second kappa shape index (κ2) is 4.04. The zero-order valence-electron chi connectivity index (χ0n) is 7.26. The van der Waals surface area contributed by atoms with Crippen molar-refractivity contribution in [1.82, 2.24) is 0 Å². The van der Waals surface area contributed by atoms with Gasteiger partial charge in [0.15, 0.2) is 0 Å². The van der Waals surface area contributed by atoms with E-state index in [0.717, 1.165) is 23.9 Å². The molecule has 0 spiro atoms. The summed E-state index contributed by atoms with van der Waals surface area (Å²) in [6.45, 7) is 0. The third-order valence-electron chi connectivity index (χ3n) is 1.61. The van der Waals surface area contributed by atoms with Crippen LogP contribution in [0.3, 0.4) is 0 Å². The van der Waals surface area contributed by atoms with Gasteiger partial charge in [-0.1, -0.05) is 23.9 Å². The minimum Gasteiger partial charge on any atom is -0.282 e. The van der Waals surface area contributed by atoms with Crippen LogP contribution in [0, 0.1) is 0 Å². The molecular formula is C9H7F3OS. The minimum atomic E-state index is -4.39. The molecule has 76 valence electrons. The second-order valence-corrected chi connectivity index (χ2v) is 3.35. The first-order valence-corrected chi connectivity index (χ1v) is 4.93. The predicted molar refractivity (Wildman–Crippen MR) is 49.3 cm³/mol. The van der Waals surface area contributed by atoms with E-state index in [9.17, 15) is 18.0 Å². The van der Waals surface area contributed by atoms with Crippen LogP contribution in [0.2, 0.25) is 0 Å². The quantitative estimate of drug-likeness (QED) is 0.722. The molecular weight excluding hydrogens is 213 g/mol. The van der Waals surface area contributed by atoms with E-state index in [2.05, 4.69) is 0 Å². The lowest BCUT2D eigenvalue weighted by atomic mass is 10.1. The zero-order chi connectivity index (χ0) is 10.8. The number of alkyl halides is 3. The van der Waals surface area contributed by atoms with Crippen LogP contribution in [0.4, 0.5) is 13.2 Å². The van der Waals surface area contributed by atoms with E-state index >= 15 is 0 Å². The van der Waals surface area contributed by atoms with E-state index in [1.54, 1.807) is 0 Å². The second-order valence-electron chi connectivity index (χ2n) is 2.57. The van der Waals surface area contributed by atoms with Crippen molar-refractivity contribution in [1.29, 1.82) is 0 Å². The van der Waals surface area contributed by atoms with Crippen LogP contribution in [0.25, 0.3) is 0 Å². The molecule has 0 aliphatic carbocycles. The summed E-state index contributed by atoms with van der Waals surface area (Å²) in [4.78, 5) is 11.1. The number of rotatable bonds is 1. The summed E-state index contributed by atoms with van der Waals surface area (Å²) < 4.78 is 36.7. The van der Waals surface area contributed by atoms with Crippen LogP contribution in [-0.4, -0.2) is 11.4 Å². The van der Waals surface area contributed by atoms with Gasteiger partial charge in [-0.15, -0.1) is 0 Å². The van der Waals surface area contributed by atoms with Gasteiger partial charge < -0.3 is 0 Å². The number of benzene rings is 1. The van der Waals surface area contributed by atoms with Gasteiger partial charge in [-0.25, -0.2) is 0 Å². The maximum absolute atomic E-state index is 12.2. The molecule has 0 radical (unpaired) electrons. The monoisotopic (exact) mass is 220 g/mol. The summed E-state index contributed by atoms with van der Waals surface area (Å²) in [5.74, 6) is 0. The molecule has 1 nitrogen and oxygen atoms in total. The van der Waals surface area contributed by atoms with Gasteiger partial charge in [-0.2, -0.15) is 13.2 Å². The van der Waals surface area contributed by atoms with E-state index in [0.29, 0.717) is 0 Å². The fourth-order valence-corrected chi connectivity index (χ4v) is 1.30. The van der Waals surface area contributed by atoms with Crippen LogP contribution in [0.5, 0.6) is 0 Å². The number of carbonyl (C=O) groups excluding carboxylic acids is 1. The van der Waals surface area contributed by atoms with Crippen molar-refractivity contribution in [2.24, 2.45) is 0 Å². The molecule has 0 aromatic heterocycles. The van der Waals surface area contributed by atoms with Gasteiger partial charge in [0.25, 0.3) is 0 Å². The molecule has 0 saturated carbocycles. The highest BCUT2D eigenvalue weighted by Crippen LogP contribution is 2.30. The van der Waals surface area contributed by atoms with E-state index in [1.165, 1.54) is 18.4 Å². The smallest absolute Gasteiger partial charge is 0.282 e. The molecule has 0 unspecified atom stereocenters. The molecule has 1 aromatic rings. The average molecular weight is 220 g/mol. The van der Waals surface area contributed by atoms with Gasteiger partial charge >= 0.3 is 6.18 Å². The first-order valence-electron chi connectivity index (χ1n) is 3.70. The molecule has 0 fully saturated rings. The SMILES string of the molecule is CSC(=O)c1cccc(C(F)(F)F)c1. The van der Waals surface area contributed by atoms with Gasteiger partial charge in [0.05, 0.1) is 5.56 Å². The highest BCUT2D eigenvalue weighted by molar-refractivity contribution is 8.13. The van der Waals surface area contributed by atoms with Crippen molar-refractivity contribution in [3.63, 3.8) is 0 Å². The Kier molecular flexibility index (Phi) is 3.21. The Balaban J connectivity index is 3.08. The maximum Gasteiger partial charge on any atom is 0.416 e. The van der Waals surface area contributed by atoms with Gasteiger partial charge in [-0.3, -0.25) is 4.79 Å². The Bertz CT molecular complexity index is 346. The number of hydrogen-bond acceptors (Lipinski definition) is 2. The highest BCUT2D eigenvalue weighted by atomic mass is 32.2. The molecule has 1 rings (SSSR count). The fraction of sp³-hybridized carbons (Fsp3) is 0.222. The predicted octanol–water partition coefficient (Wildman–Crippen LogP) is 3.21. The molecule has 0 bridgehead atoms. The lowest BCUT2D eigenvalue weighted by molar-refractivity contribution is -0.137. The third-order valence-corrected chi connectivity index (χ3v) is 2.22. The topological polar surface area (TPSA) is 17.1 Å². The maximum atomic E-state index is 12.2. The standard InChI is InChI=1S/C9H7F3OS/c1-14-8(13)6-3-2-4-7(5-6)9(10,11)12/h2-5H,1H3. The van der Waals surface area contributed by atoms with E-state index < -0.39 is 11.7 Å². The molecule has 0 N–H and O–H groups in total. The molecule has 0 aliphatic rings. The van der Waals surface area contributed by atoms with E-state index in [4.69, 9.17) is 0 Å². The Morgan fingerprint density at radius 2 is 2.00 bits per heavy atom. The van der Waals surface area contributed by atoms with Crippen molar-refractivity contribution < 1.29 is 18.0 Å². The van der Waals surface area contributed by atoms with Gasteiger partial charge in [-0.05, 0) is 18.4 Å². The third kappa shape index (κ3) is 2.51. The fourth-order valence-electron chi connectivity index (χ4n) is 0.940. The van der Waals surface area contributed by atoms with Crippen LogP contribution in [0.15, 0.2) is 24.3 Å². The zero-order valence-corrected chi connectivity index (χ0v) is 8.08. The molecule has 5 heteroatoms. The number of hydrogen-bond donors (Lipinski definition) is 0. The molecule has 0 atom stereocenters.